The van der Waals surface area contributed by atoms with Gasteiger partial charge in [-0.25, -0.2) is 0 Å². The minimum Gasteiger partial charge on any atom is -0.497 e. The van der Waals surface area contributed by atoms with Gasteiger partial charge in [-0.2, -0.15) is 0 Å². The number of hydrogen-bond acceptors (Lipinski definition) is 3. The highest BCUT2D eigenvalue weighted by Crippen LogP contribution is 2.26. The molecule has 0 aliphatic carbocycles. The van der Waals surface area contributed by atoms with Crippen molar-refractivity contribution in [3.05, 3.63) is 24.3 Å². The van der Waals surface area contributed by atoms with Gasteiger partial charge in [-0.3, -0.25) is 4.99 Å². The van der Waals surface area contributed by atoms with Crippen LogP contribution in [0, 0.1) is 11.8 Å². The van der Waals surface area contributed by atoms with Gasteiger partial charge in [-0.05, 0) is 30.4 Å². The van der Waals surface area contributed by atoms with Gasteiger partial charge in [-0.1, -0.05) is 19.9 Å². The third kappa shape index (κ3) is 5.34. The first-order chi connectivity index (χ1) is 11.1. The van der Waals surface area contributed by atoms with Crippen LogP contribution in [0.4, 0.5) is 5.69 Å². The minimum absolute atomic E-state index is 0.614. The number of anilines is 1. The van der Waals surface area contributed by atoms with E-state index in [2.05, 4.69) is 52.6 Å². The number of benzene rings is 1. The SMILES string of the molecule is CN=C(NCC(C)C)NCC1CCN(c2cccc(OC)c2)C1. The highest BCUT2D eigenvalue weighted by Gasteiger charge is 2.23. The summed E-state index contributed by atoms with van der Waals surface area (Å²) in [5.74, 6) is 3.07. The summed E-state index contributed by atoms with van der Waals surface area (Å²) < 4.78 is 5.32. The monoisotopic (exact) mass is 318 g/mol. The van der Waals surface area contributed by atoms with E-state index in [9.17, 15) is 0 Å². The number of nitrogens with one attached hydrogen (secondary N) is 2. The molecular formula is C18H30N4O. The van der Waals surface area contributed by atoms with E-state index in [4.69, 9.17) is 4.74 Å². The maximum Gasteiger partial charge on any atom is 0.190 e. The van der Waals surface area contributed by atoms with Gasteiger partial charge in [-0.15, -0.1) is 0 Å². The predicted octanol–water partition coefficient (Wildman–Crippen LogP) is 2.34. The van der Waals surface area contributed by atoms with E-state index in [0.717, 1.165) is 37.9 Å². The van der Waals surface area contributed by atoms with Crippen molar-refractivity contribution in [3.8, 4) is 5.75 Å². The summed E-state index contributed by atoms with van der Waals surface area (Å²) >= 11 is 0. The molecule has 1 saturated heterocycles. The lowest BCUT2D eigenvalue weighted by Crippen LogP contribution is -2.41. The average Bonchev–Trinajstić information content (AvgIpc) is 3.04. The highest BCUT2D eigenvalue weighted by molar-refractivity contribution is 5.79. The molecule has 0 spiro atoms. The first-order valence-electron chi connectivity index (χ1n) is 8.46. The fraction of sp³-hybridized carbons (Fsp3) is 0.611. The Bertz CT molecular complexity index is 515. The molecule has 1 aromatic rings. The molecule has 1 aliphatic rings. The van der Waals surface area contributed by atoms with Gasteiger partial charge in [0.05, 0.1) is 7.11 Å². The third-order valence-electron chi connectivity index (χ3n) is 4.16. The molecular weight excluding hydrogens is 288 g/mol. The molecule has 1 atom stereocenters. The number of guanidine groups is 1. The predicted molar refractivity (Wildman–Crippen MR) is 97.5 cm³/mol. The van der Waals surface area contributed by atoms with E-state index in [1.54, 1.807) is 7.11 Å². The Labute approximate surface area is 140 Å². The molecule has 0 aromatic heterocycles. The molecule has 0 saturated carbocycles. The average molecular weight is 318 g/mol. The highest BCUT2D eigenvalue weighted by atomic mass is 16.5. The molecule has 1 aromatic carbocycles. The van der Waals surface area contributed by atoms with Crippen molar-refractivity contribution in [2.45, 2.75) is 20.3 Å². The molecule has 2 N–H and O–H groups in total. The van der Waals surface area contributed by atoms with E-state index < -0.39 is 0 Å². The van der Waals surface area contributed by atoms with E-state index in [-0.39, 0.29) is 0 Å². The molecule has 1 aliphatic heterocycles. The van der Waals surface area contributed by atoms with Crippen molar-refractivity contribution >= 4 is 11.6 Å². The Hall–Kier alpha value is -1.91. The van der Waals surface area contributed by atoms with E-state index in [0.29, 0.717) is 11.8 Å². The first-order valence-corrected chi connectivity index (χ1v) is 8.46. The van der Waals surface area contributed by atoms with Crippen molar-refractivity contribution in [2.75, 3.05) is 45.2 Å². The van der Waals surface area contributed by atoms with Crippen LogP contribution in [0.15, 0.2) is 29.3 Å². The molecule has 1 fully saturated rings. The number of methoxy groups -OCH3 is 1. The fourth-order valence-electron chi connectivity index (χ4n) is 2.80. The van der Waals surface area contributed by atoms with E-state index >= 15 is 0 Å². The Kier molecular flexibility index (Phi) is 6.56. The lowest BCUT2D eigenvalue weighted by atomic mass is 10.1. The Morgan fingerprint density at radius 2 is 2.22 bits per heavy atom. The number of ether oxygens (including phenoxy) is 1. The summed E-state index contributed by atoms with van der Waals surface area (Å²) in [7, 11) is 3.54. The van der Waals surface area contributed by atoms with Crippen molar-refractivity contribution in [3.63, 3.8) is 0 Å². The molecule has 128 valence electrons. The van der Waals surface area contributed by atoms with Crippen LogP contribution in [-0.2, 0) is 0 Å². The van der Waals surface area contributed by atoms with Crippen LogP contribution in [0.2, 0.25) is 0 Å². The first kappa shape index (κ1) is 17.4. The zero-order valence-electron chi connectivity index (χ0n) is 14.8. The number of nitrogens with zero attached hydrogens (tertiary/aromatic N) is 2. The van der Waals surface area contributed by atoms with Crippen LogP contribution in [0.1, 0.15) is 20.3 Å². The van der Waals surface area contributed by atoms with Crippen molar-refractivity contribution in [1.82, 2.24) is 10.6 Å². The maximum atomic E-state index is 5.32. The van der Waals surface area contributed by atoms with Crippen LogP contribution >= 0.6 is 0 Å². The summed E-state index contributed by atoms with van der Waals surface area (Å²) in [5.41, 5.74) is 1.24. The zero-order valence-corrected chi connectivity index (χ0v) is 14.8. The van der Waals surface area contributed by atoms with Gasteiger partial charge in [0.15, 0.2) is 5.96 Å². The lowest BCUT2D eigenvalue weighted by Gasteiger charge is -2.20. The smallest absolute Gasteiger partial charge is 0.190 e. The second-order valence-corrected chi connectivity index (χ2v) is 6.53. The molecule has 5 nitrogen and oxygen atoms in total. The molecule has 1 unspecified atom stereocenters. The number of hydrogen-bond donors (Lipinski definition) is 2. The number of aliphatic imine (C=N–C) groups is 1. The van der Waals surface area contributed by atoms with Crippen molar-refractivity contribution in [2.24, 2.45) is 16.8 Å². The zero-order chi connectivity index (χ0) is 16.7. The maximum absolute atomic E-state index is 5.32. The molecule has 0 bridgehead atoms. The molecule has 0 radical (unpaired) electrons. The van der Waals surface area contributed by atoms with Gasteiger partial charge < -0.3 is 20.3 Å². The van der Waals surface area contributed by atoms with E-state index in [1.807, 2.05) is 13.1 Å². The minimum atomic E-state index is 0.614. The van der Waals surface area contributed by atoms with Crippen LogP contribution in [-0.4, -0.2) is 46.3 Å². The summed E-state index contributed by atoms with van der Waals surface area (Å²) in [4.78, 5) is 6.71. The Morgan fingerprint density at radius 3 is 2.91 bits per heavy atom. The second-order valence-electron chi connectivity index (χ2n) is 6.53. The van der Waals surface area contributed by atoms with Crippen molar-refractivity contribution < 1.29 is 4.74 Å². The quantitative estimate of drug-likeness (QED) is 0.624. The van der Waals surface area contributed by atoms with Gasteiger partial charge in [0, 0.05) is 45.0 Å². The summed E-state index contributed by atoms with van der Waals surface area (Å²) in [6.07, 6.45) is 1.20. The lowest BCUT2D eigenvalue weighted by molar-refractivity contribution is 0.415. The molecule has 5 heteroatoms. The largest absolute Gasteiger partial charge is 0.497 e. The van der Waals surface area contributed by atoms with Crippen LogP contribution < -0.4 is 20.3 Å². The fourth-order valence-corrected chi connectivity index (χ4v) is 2.80. The Morgan fingerprint density at radius 1 is 1.39 bits per heavy atom. The van der Waals surface area contributed by atoms with Gasteiger partial charge in [0.25, 0.3) is 0 Å². The third-order valence-corrected chi connectivity index (χ3v) is 4.16. The van der Waals surface area contributed by atoms with Crippen LogP contribution in [0.25, 0.3) is 0 Å². The van der Waals surface area contributed by atoms with E-state index in [1.165, 1.54) is 12.1 Å². The standard InChI is InChI=1S/C18H30N4O/c1-14(2)11-20-18(19-3)21-12-15-8-9-22(13-15)16-6-5-7-17(10-16)23-4/h5-7,10,14-15H,8-9,11-13H2,1-4H3,(H2,19,20,21). The van der Waals surface area contributed by atoms with Crippen LogP contribution in [0.5, 0.6) is 5.75 Å². The Balaban J connectivity index is 1.80. The van der Waals surface area contributed by atoms with Gasteiger partial charge in [0.2, 0.25) is 0 Å². The molecule has 0 amide bonds. The molecule has 23 heavy (non-hydrogen) atoms. The molecule has 1 heterocycles. The van der Waals surface area contributed by atoms with Gasteiger partial charge >= 0.3 is 0 Å². The normalized spacial score (nSPS) is 18.4. The summed E-state index contributed by atoms with van der Waals surface area (Å²) in [5, 5.41) is 6.81. The second kappa shape index (κ2) is 8.65. The van der Waals surface area contributed by atoms with Gasteiger partial charge in [0.1, 0.15) is 5.75 Å². The number of rotatable bonds is 6. The topological polar surface area (TPSA) is 48.9 Å². The van der Waals surface area contributed by atoms with Crippen LogP contribution in [0.3, 0.4) is 0 Å². The van der Waals surface area contributed by atoms with Crippen molar-refractivity contribution in [1.29, 1.82) is 0 Å². The molecule has 2 rings (SSSR count). The summed E-state index contributed by atoms with van der Waals surface area (Å²) in [6.45, 7) is 8.46. The summed E-state index contributed by atoms with van der Waals surface area (Å²) in [6, 6.07) is 8.31.